The Hall–Kier alpha value is -1.33. The molecule has 2 rings (SSSR count). The van der Waals surface area contributed by atoms with Gasteiger partial charge in [0.05, 0.1) is 16.8 Å². The summed E-state index contributed by atoms with van der Waals surface area (Å²) in [6.45, 7) is 4.21. The third-order valence-corrected chi connectivity index (χ3v) is 3.23. The molecule has 0 atom stereocenters. The van der Waals surface area contributed by atoms with Gasteiger partial charge in [-0.05, 0) is 24.6 Å². The predicted molar refractivity (Wildman–Crippen MR) is 73.0 cm³/mol. The van der Waals surface area contributed by atoms with Gasteiger partial charge in [0.15, 0.2) is 5.13 Å². The normalized spacial score (nSPS) is 10.7. The molecule has 0 aliphatic carbocycles. The monoisotopic (exact) mass is 251 g/mol. The summed E-state index contributed by atoms with van der Waals surface area (Å²) >= 11 is 1.63. The Morgan fingerprint density at radius 1 is 1.47 bits per heavy atom. The van der Waals surface area contributed by atoms with Crippen molar-refractivity contribution in [1.82, 2.24) is 4.98 Å². The number of thiazole rings is 1. The van der Waals surface area contributed by atoms with Gasteiger partial charge in [0.1, 0.15) is 5.75 Å². The van der Waals surface area contributed by atoms with Gasteiger partial charge in [0.2, 0.25) is 0 Å². The van der Waals surface area contributed by atoms with E-state index >= 15 is 0 Å². The van der Waals surface area contributed by atoms with E-state index < -0.39 is 0 Å². The van der Waals surface area contributed by atoms with E-state index in [2.05, 4.69) is 17.2 Å². The molecule has 0 saturated heterocycles. The van der Waals surface area contributed by atoms with Crippen molar-refractivity contribution in [1.29, 1.82) is 0 Å². The summed E-state index contributed by atoms with van der Waals surface area (Å²) < 4.78 is 6.73. The van der Waals surface area contributed by atoms with Crippen LogP contribution in [0, 0.1) is 0 Å². The zero-order valence-corrected chi connectivity index (χ0v) is 10.7. The van der Waals surface area contributed by atoms with E-state index in [1.54, 1.807) is 11.3 Å². The molecular formula is C12H17N3OS. The summed E-state index contributed by atoms with van der Waals surface area (Å²) in [6, 6.07) is 5.99. The second-order valence-corrected chi connectivity index (χ2v) is 4.74. The Morgan fingerprint density at radius 2 is 2.35 bits per heavy atom. The van der Waals surface area contributed by atoms with Gasteiger partial charge in [-0.25, -0.2) is 4.98 Å². The summed E-state index contributed by atoms with van der Waals surface area (Å²) in [7, 11) is 0. The van der Waals surface area contributed by atoms with Crippen molar-refractivity contribution in [2.24, 2.45) is 5.73 Å². The Labute approximate surface area is 105 Å². The van der Waals surface area contributed by atoms with Crippen molar-refractivity contribution in [3.8, 4) is 5.75 Å². The number of nitrogens with one attached hydrogen (secondary N) is 1. The van der Waals surface area contributed by atoms with Crippen molar-refractivity contribution in [3.63, 3.8) is 0 Å². The molecule has 0 unspecified atom stereocenters. The molecule has 0 aliphatic heterocycles. The van der Waals surface area contributed by atoms with Crippen LogP contribution in [0.4, 0.5) is 5.13 Å². The highest BCUT2D eigenvalue weighted by molar-refractivity contribution is 7.22. The maximum Gasteiger partial charge on any atom is 0.183 e. The third kappa shape index (κ3) is 3.08. The molecule has 2 aromatic rings. The van der Waals surface area contributed by atoms with E-state index in [1.165, 1.54) is 0 Å². The van der Waals surface area contributed by atoms with Gasteiger partial charge in [-0.3, -0.25) is 0 Å². The van der Waals surface area contributed by atoms with E-state index in [0.717, 1.165) is 40.7 Å². The topological polar surface area (TPSA) is 60.2 Å². The number of anilines is 1. The summed E-state index contributed by atoms with van der Waals surface area (Å²) in [5.74, 6) is 0.911. The SMILES string of the molecule is CCCOc1ccc2nc(NCCN)sc2c1. The number of nitrogens with two attached hydrogens (primary N) is 1. The minimum Gasteiger partial charge on any atom is -0.494 e. The van der Waals surface area contributed by atoms with Crippen molar-refractivity contribution in [2.45, 2.75) is 13.3 Å². The smallest absolute Gasteiger partial charge is 0.183 e. The van der Waals surface area contributed by atoms with E-state index in [1.807, 2.05) is 18.2 Å². The number of nitrogens with zero attached hydrogens (tertiary/aromatic N) is 1. The number of rotatable bonds is 6. The lowest BCUT2D eigenvalue weighted by Gasteiger charge is -2.02. The lowest BCUT2D eigenvalue weighted by atomic mass is 10.3. The third-order valence-electron chi connectivity index (χ3n) is 2.25. The van der Waals surface area contributed by atoms with Gasteiger partial charge >= 0.3 is 0 Å². The first-order valence-corrected chi connectivity index (χ1v) is 6.62. The Bertz CT molecular complexity index is 478. The second-order valence-electron chi connectivity index (χ2n) is 3.71. The highest BCUT2D eigenvalue weighted by Crippen LogP contribution is 2.29. The lowest BCUT2D eigenvalue weighted by Crippen LogP contribution is -2.12. The fraction of sp³-hybridized carbons (Fsp3) is 0.417. The van der Waals surface area contributed by atoms with Crippen LogP contribution in [0.5, 0.6) is 5.75 Å². The molecule has 4 nitrogen and oxygen atoms in total. The number of ether oxygens (including phenoxy) is 1. The fourth-order valence-corrected chi connectivity index (χ4v) is 2.39. The van der Waals surface area contributed by atoms with Crippen LogP contribution in [0.15, 0.2) is 18.2 Å². The standard InChI is InChI=1S/C12H17N3OS/c1-2-7-16-9-3-4-10-11(8-9)17-12(15-10)14-6-5-13/h3-4,8H,2,5-7,13H2,1H3,(H,14,15). The van der Waals surface area contributed by atoms with Gasteiger partial charge in [-0.2, -0.15) is 0 Å². The lowest BCUT2D eigenvalue weighted by molar-refractivity contribution is 0.318. The molecule has 0 radical (unpaired) electrons. The molecule has 0 aliphatic rings. The Kier molecular flexibility index (Phi) is 4.17. The fourth-order valence-electron chi connectivity index (χ4n) is 1.47. The molecule has 0 amide bonds. The predicted octanol–water partition coefficient (Wildman–Crippen LogP) is 2.46. The zero-order valence-electron chi connectivity index (χ0n) is 9.90. The minimum absolute atomic E-state index is 0.612. The number of fused-ring (bicyclic) bond motifs is 1. The van der Waals surface area contributed by atoms with Gasteiger partial charge in [-0.15, -0.1) is 0 Å². The molecule has 1 heterocycles. The van der Waals surface area contributed by atoms with Crippen LogP contribution in [0.1, 0.15) is 13.3 Å². The van der Waals surface area contributed by atoms with Crippen LogP contribution in [0.2, 0.25) is 0 Å². The highest BCUT2D eigenvalue weighted by Gasteiger charge is 2.04. The number of hydrogen-bond donors (Lipinski definition) is 2. The van der Waals surface area contributed by atoms with Crippen LogP contribution in [0.3, 0.4) is 0 Å². The number of aromatic nitrogens is 1. The minimum atomic E-state index is 0.612. The molecule has 1 aromatic carbocycles. The van der Waals surface area contributed by atoms with Crippen LogP contribution >= 0.6 is 11.3 Å². The average Bonchev–Trinajstić information content (AvgIpc) is 2.75. The first kappa shape index (κ1) is 12.1. The molecule has 17 heavy (non-hydrogen) atoms. The van der Waals surface area contributed by atoms with Crippen molar-refractivity contribution >= 4 is 26.7 Å². The zero-order chi connectivity index (χ0) is 12.1. The summed E-state index contributed by atoms with van der Waals surface area (Å²) in [5, 5.41) is 4.10. The summed E-state index contributed by atoms with van der Waals surface area (Å²) in [6.07, 6.45) is 1.02. The second kappa shape index (κ2) is 5.84. The first-order valence-electron chi connectivity index (χ1n) is 5.81. The molecule has 0 spiro atoms. The molecule has 0 fully saturated rings. The number of hydrogen-bond acceptors (Lipinski definition) is 5. The van der Waals surface area contributed by atoms with E-state index in [4.69, 9.17) is 10.5 Å². The highest BCUT2D eigenvalue weighted by atomic mass is 32.1. The Balaban J connectivity index is 2.15. The van der Waals surface area contributed by atoms with Gasteiger partial charge < -0.3 is 15.8 Å². The van der Waals surface area contributed by atoms with Crippen LogP contribution in [-0.4, -0.2) is 24.7 Å². The van der Waals surface area contributed by atoms with E-state index in [9.17, 15) is 0 Å². The van der Waals surface area contributed by atoms with Gasteiger partial charge in [-0.1, -0.05) is 18.3 Å². The van der Waals surface area contributed by atoms with Crippen LogP contribution in [-0.2, 0) is 0 Å². The van der Waals surface area contributed by atoms with Crippen LogP contribution < -0.4 is 15.8 Å². The molecule has 3 N–H and O–H groups in total. The average molecular weight is 251 g/mol. The molecule has 5 heteroatoms. The maximum absolute atomic E-state index is 5.59. The van der Waals surface area contributed by atoms with Crippen LogP contribution in [0.25, 0.3) is 10.2 Å². The van der Waals surface area contributed by atoms with Crippen molar-refractivity contribution < 1.29 is 4.74 Å². The first-order chi connectivity index (χ1) is 8.33. The summed E-state index contributed by atoms with van der Waals surface area (Å²) in [5.41, 5.74) is 6.44. The van der Waals surface area contributed by atoms with Gasteiger partial charge in [0.25, 0.3) is 0 Å². The van der Waals surface area contributed by atoms with E-state index in [0.29, 0.717) is 6.54 Å². The largest absolute Gasteiger partial charge is 0.494 e. The molecule has 0 saturated carbocycles. The molecule has 92 valence electrons. The molecule has 0 bridgehead atoms. The van der Waals surface area contributed by atoms with Gasteiger partial charge in [0, 0.05) is 13.1 Å². The number of benzene rings is 1. The van der Waals surface area contributed by atoms with E-state index in [-0.39, 0.29) is 0 Å². The molecular weight excluding hydrogens is 234 g/mol. The van der Waals surface area contributed by atoms with Crippen molar-refractivity contribution in [3.05, 3.63) is 18.2 Å². The van der Waals surface area contributed by atoms with Crippen molar-refractivity contribution in [2.75, 3.05) is 25.0 Å². The molecule has 1 aromatic heterocycles. The maximum atomic E-state index is 5.59. The quantitative estimate of drug-likeness (QED) is 0.828. The Morgan fingerprint density at radius 3 is 3.12 bits per heavy atom. The summed E-state index contributed by atoms with van der Waals surface area (Å²) in [4.78, 5) is 4.47.